The number of piperidine rings is 1. The number of hydrogen-bond acceptors (Lipinski definition) is 4. The molecule has 4 heteroatoms. The molecule has 5 rings (SSSR count). The van der Waals surface area contributed by atoms with Gasteiger partial charge in [0.25, 0.3) is 0 Å². The van der Waals surface area contributed by atoms with E-state index >= 15 is 0 Å². The summed E-state index contributed by atoms with van der Waals surface area (Å²) < 4.78 is 0. The van der Waals surface area contributed by atoms with Crippen LogP contribution in [0.2, 0.25) is 0 Å². The van der Waals surface area contributed by atoms with Crippen molar-refractivity contribution in [1.29, 1.82) is 0 Å². The van der Waals surface area contributed by atoms with Crippen LogP contribution in [0.5, 0.6) is 0 Å². The smallest absolute Gasteiger partial charge is 0.141 e. The minimum Gasteiger partial charge on any atom is -0.356 e. The van der Waals surface area contributed by atoms with Crippen molar-refractivity contribution in [1.82, 2.24) is 9.97 Å². The molecule has 2 aromatic heterocycles. The molecule has 0 unspecified atom stereocenters. The second kappa shape index (κ2) is 7.23. The molecule has 3 aromatic rings. The molecule has 27 heavy (non-hydrogen) atoms. The predicted molar refractivity (Wildman–Crippen MR) is 114 cm³/mol. The third-order valence-electron chi connectivity index (χ3n) is 6.19. The quantitative estimate of drug-likeness (QED) is 0.617. The zero-order chi connectivity index (χ0) is 18.2. The van der Waals surface area contributed by atoms with Gasteiger partial charge >= 0.3 is 0 Å². The Balaban J connectivity index is 1.39. The van der Waals surface area contributed by atoms with Crippen LogP contribution in [0.1, 0.15) is 47.5 Å². The Kier molecular flexibility index (Phi) is 4.60. The molecule has 0 radical (unpaired) electrons. The van der Waals surface area contributed by atoms with Crippen LogP contribution in [0.4, 0.5) is 5.82 Å². The highest BCUT2D eigenvalue weighted by atomic mass is 32.1. The van der Waals surface area contributed by atoms with E-state index in [-0.39, 0.29) is 0 Å². The van der Waals surface area contributed by atoms with E-state index in [2.05, 4.69) is 35.2 Å². The normalized spacial score (nSPS) is 18.0. The average Bonchev–Trinajstić information content (AvgIpc) is 3.07. The highest BCUT2D eigenvalue weighted by Crippen LogP contribution is 2.40. The largest absolute Gasteiger partial charge is 0.356 e. The molecule has 2 aliphatic rings. The van der Waals surface area contributed by atoms with E-state index in [4.69, 9.17) is 9.97 Å². The van der Waals surface area contributed by atoms with Crippen LogP contribution in [0, 0.1) is 12.8 Å². The standard InChI is InChI=1S/C23H27N3S/c1-16-24-22(21-19-9-5-6-10-20(19)27-23(21)25-16)26-13-11-18(12-14-26)15-17-7-3-2-4-8-17/h2-4,7-8,18H,5-6,9-15H2,1H3. The maximum Gasteiger partial charge on any atom is 0.141 e. The van der Waals surface area contributed by atoms with Crippen LogP contribution in [-0.4, -0.2) is 23.1 Å². The summed E-state index contributed by atoms with van der Waals surface area (Å²) in [5.74, 6) is 2.93. The van der Waals surface area contributed by atoms with E-state index in [0.29, 0.717) is 0 Å². The van der Waals surface area contributed by atoms with Gasteiger partial charge in [-0.15, -0.1) is 11.3 Å². The van der Waals surface area contributed by atoms with Gasteiger partial charge in [-0.3, -0.25) is 0 Å². The summed E-state index contributed by atoms with van der Waals surface area (Å²) in [5.41, 5.74) is 3.03. The molecule has 3 nitrogen and oxygen atoms in total. The summed E-state index contributed by atoms with van der Waals surface area (Å²) in [4.78, 5) is 15.0. The summed E-state index contributed by atoms with van der Waals surface area (Å²) in [6.45, 7) is 4.28. The molecule has 0 amide bonds. The number of nitrogens with zero attached hydrogens (tertiary/aromatic N) is 3. The van der Waals surface area contributed by atoms with E-state index < -0.39 is 0 Å². The molecule has 1 aromatic carbocycles. The van der Waals surface area contributed by atoms with Crippen molar-refractivity contribution < 1.29 is 0 Å². The number of fused-ring (bicyclic) bond motifs is 3. The summed E-state index contributed by atoms with van der Waals surface area (Å²) in [6.07, 6.45) is 8.79. The summed E-state index contributed by atoms with van der Waals surface area (Å²) in [5, 5.41) is 1.38. The summed E-state index contributed by atoms with van der Waals surface area (Å²) in [7, 11) is 0. The van der Waals surface area contributed by atoms with Crippen LogP contribution >= 0.6 is 11.3 Å². The highest BCUT2D eigenvalue weighted by Gasteiger charge is 2.26. The first-order valence-electron chi connectivity index (χ1n) is 10.4. The van der Waals surface area contributed by atoms with Crippen LogP contribution in [0.15, 0.2) is 30.3 Å². The van der Waals surface area contributed by atoms with Gasteiger partial charge in [-0.25, -0.2) is 9.97 Å². The zero-order valence-electron chi connectivity index (χ0n) is 16.1. The maximum atomic E-state index is 4.94. The summed E-state index contributed by atoms with van der Waals surface area (Å²) in [6, 6.07) is 11.0. The van der Waals surface area contributed by atoms with Gasteiger partial charge < -0.3 is 4.90 Å². The second-order valence-electron chi connectivity index (χ2n) is 8.11. The van der Waals surface area contributed by atoms with Crippen LogP contribution in [-0.2, 0) is 19.3 Å². The Morgan fingerprint density at radius 3 is 2.63 bits per heavy atom. The third-order valence-corrected chi connectivity index (χ3v) is 7.37. The van der Waals surface area contributed by atoms with Crippen molar-refractivity contribution in [2.75, 3.05) is 18.0 Å². The molecule has 1 aliphatic carbocycles. The lowest BCUT2D eigenvalue weighted by Gasteiger charge is -2.33. The average molecular weight is 378 g/mol. The number of aromatic nitrogens is 2. The van der Waals surface area contributed by atoms with Crippen molar-refractivity contribution in [3.05, 3.63) is 52.2 Å². The lowest BCUT2D eigenvalue weighted by molar-refractivity contribution is 0.402. The molecular formula is C23H27N3S. The fourth-order valence-electron chi connectivity index (χ4n) is 4.77. The number of aryl methyl sites for hydroxylation is 3. The lowest BCUT2D eigenvalue weighted by atomic mass is 9.90. The van der Waals surface area contributed by atoms with Gasteiger partial charge in [0.05, 0.1) is 5.39 Å². The van der Waals surface area contributed by atoms with E-state index in [1.165, 1.54) is 66.5 Å². The Morgan fingerprint density at radius 2 is 1.81 bits per heavy atom. The molecule has 0 saturated carbocycles. The third kappa shape index (κ3) is 3.36. The predicted octanol–water partition coefficient (Wildman–Crippen LogP) is 5.34. The van der Waals surface area contributed by atoms with Gasteiger partial charge in [0, 0.05) is 18.0 Å². The molecule has 1 saturated heterocycles. The lowest BCUT2D eigenvalue weighted by Crippen LogP contribution is -2.35. The van der Waals surface area contributed by atoms with E-state index in [0.717, 1.165) is 24.8 Å². The van der Waals surface area contributed by atoms with Crippen molar-refractivity contribution >= 4 is 27.4 Å². The van der Waals surface area contributed by atoms with Gasteiger partial charge in [-0.05, 0) is 68.9 Å². The first kappa shape index (κ1) is 17.2. The van der Waals surface area contributed by atoms with Gasteiger partial charge in [0.15, 0.2) is 0 Å². The minimum absolute atomic E-state index is 0.790. The van der Waals surface area contributed by atoms with Crippen LogP contribution in [0.3, 0.4) is 0 Å². The number of hydrogen-bond donors (Lipinski definition) is 0. The molecule has 0 atom stereocenters. The summed E-state index contributed by atoms with van der Waals surface area (Å²) >= 11 is 1.92. The van der Waals surface area contributed by atoms with Crippen LogP contribution in [0.25, 0.3) is 10.2 Å². The number of benzene rings is 1. The molecule has 1 aliphatic heterocycles. The Labute approximate surface area is 165 Å². The van der Waals surface area contributed by atoms with Gasteiger partial charge in [-0.1, -0.05) is 30.3 Å². The molecule has 1 fully saturated rings. The fraction of sp³-hybridized carbons (Fsp3) is 0.478. The Hall–Kier alpha value is -1.94. The van der Waals surface area contributed by atoms with Crippen molar-refractivity contribution in [2.24, 2.45) is 5.92 Å². The fourth-order valence-corrected chi connectivity index (χ4v) is 6.07. The Bertz CT molecular complexity index is 939. The molecule has 0 bridgehead atoms. The van der Waals surface area contributed by atoms with Gasteiger partial charge in [0.2, 0.25) is 0 Å². The van der Waals surface area contributed by atoms with Crippen molar-refractivity contribution in [3.63, 3.8) is 0 Å². The first-order valence-corrected chi connectivity index (χ1v) is 11.2. The molecule has 140 valence electrons. The van der Waals surface area contributed by atoms with E-state index in [1.54, 1.807) is 10.4 Å². The zero-order valence-corrected chi connectivity index (χ0v) is 16.9. The monoisotopic (exact) mass is 377 g/mol. The van der Waals surface area contributed by atoms with E-state index in [1.807, 2.05) is 18.3 Å². The minimum atomic E-state index is 0.790. The van der Waals surface area contributed by atoms with Crippen molar-refractivity contribution in [2.45, 2.75) is 51.9 Å². The number of anilines is 1. The highest BCUT2D eigenvalue weighted by molar-refractivity contribution is 7.19. The number of thiophene rings is 1. The van der Waals surface area contributed by atoms with Crippen molar-refractivity contribution in [3.8, 4) is 0 Å². The Morgan fingerprint density at radius 1 is 1.04 bits per heavy atom. The number of rotatable bonds is 3. The van der Waals surface area contributed by atoms with E-state index in [9.17, 15) is 0 Å². The van der Waals surface area contributed by atoms with Crippen LogP contribution < -0.4 is 4.90 Å². The van der Waals surface area contributed by atoms with Gasteiger partial charge in [-0.2, -0.15) is 0 Å². The molecule has 0 spiro atoms. The first-order chi connectivity index (χ1) is 13.3. The maximum absolute atomic E-state index is 4.94. The van der Waals surface area contributed by atoms with Gasteiger partial charge in [0.1, 0.15) is 16.5 Å². The SMILES string of the molecule is Cc1nc(N2CCC(Cc3ccccc3)CC2)c2c3c(sc2n1)CCCC3. The topological polar surface area (TPSA) is 29.0 Å². The molecule has 3 heterocycles. The molecule has 0 N–H and O–H groups in total. The second-order valence-corrected chi connectivity index (χ2v) is 9.19. The molecular weight excluding hydrogens is 350 g/mol.